The van der Waals surface area contributed by atoms with Gasteiger partial charge in [0.25, 0.3) is 5.91 Å². The predicted octanol–water partition coefficient (Wildman–Crippen LogP) is 7.33. The van der Waals surface area contributed by atoms with Crippen molar-refractivity contribution in [2.45, 2.75) is 38.6 Å². The molecule has 0 saturated heterocycles. The van der Waals surface area contributed by atoms with Crippen molar-refractivity contribution in [3.8, 4) is 22.4 Å². The predicted molar refractivity (Wildman–Crippen MR) is 148 cm³/mol. The van der Waals surface area contributed by atoms with E-state index in [0.717, 1.165) is 46.1 Å². The Hall–Kier alpha value is -3.70. The maximum atomic E-state index is 13.6. The fourth-order valence-electron chi connectivity index (χ4n) is 5.39. The van der Waals surface area contributed by atoms with Gasteiger partial charge in [-0.2, -0.15) is 0 Å². The van der Waals surface area contributed by atoms with Crippen molar-refractivity contribution in [3.63, 3.8) is 0 Å². The third-order valence-corrected chi connectivity index (χ3v) is 7.68. The Balaban J connectivity index is 1.42. The molecule has 5 rings (SSSR count). The Bertz CT molecular complexity index is 1450. The standard InChI is InChI=1S/C31H29ClN2O3/c1-2-34(29-10-6-4-8-24(29)31(36)37)30(35)23-15-17-26(32)25(19-23)20-11-13-22(14-12-20)28-18-16-21-7-3-5-9-27(21)33-28/h3,5,7,9,11-19,24,29H,2,4,6,8,10H2,1H3,(H,36,37). The molecule has 3 aromatic carbocycles. The number of hydrogen-bond donors (Lipinski definition) is 1. The van der Waals surface area contributed by atoms with Crippen LogP contribution in [0.4, 0.5) is 0 Å². The number of aliphatic carboxylic acids is 1. The highest BCUT2D eigenvalue weighted by molar-refractivity contribution is 6.33. The number of pyridine rings is 1. The van der Waals surface area contributed by atoms with E-state index >= 15 is 0 Å². The first-order valence-electron chi connectivity index (χ1n) is 12.8. The van der Waals surface area contributed by atoms with Crippen LogP contribution in [0.5, 0.6) is 0 Å². The topological polar surface area (TPSA) is 70.5 Å². The van der Waals surface area contributed by atoms with Gasteiger partial charge in [-0.25, -0.2) is 4.98 Å². The molecule has 1 fully saturated rings. The van der Waals surface area contributed by atoms with E-state index in [2.05, 4.69) is 6.07 Å². The molecule has 0 spiro atoms. The van der Waals surface area contributed by atoms with Gasteiger partial charge in [0.15, 0.2) is 0 Å². The number of hydrogen-bond acceptors (Lipinski definition) is 3. The highest BCUT2D eigenvalue weighted by atomic mass is 35.5. The lowest BCUT2D eigenvalue weighted by atomic mass is 9.83. The average Bonchev–Trinajstić information content (AvgIpc) is 2.93. The van der Waals surface area contributed by atoms with E-state index in [1.807, 2.05) is 67.6 Å². The smallest absolute Gasteiger partial charge is 0.308 e. The van der Waals surface area contributed by atoms with Crippen LogP contribution in [0.3, 0.4) is 0 Å². The maximum Gasteiger partial charge on any atom is 0.308 e. The Labute approximate surface area is 221 Å². The normalized spacial score (nSPS) is 17.5. The number of amides is 1. The summed E-state index contributed by atoms with van der Waals surface area (Å²) in [4.78, 5) is 31.9. The second-order valence-electron chi connectivity index (χ2n) is 9.55. The van der Waals surface area contributed by atoms with Crippen molar-refractivity contribution in [2.75, 3.05) is 6.54 Å². The Morgan fingerprint density at radius 1 is 0.946 bits per heavy atom. The van der Waals surface area contributed by atoms with E-state index in [1.165, 1.54) is 0 Å². The van der Waals surface area contributed by atoms with Crippen LogP contribution in [0.25, 0.3) is 33.3 Å². The molecular formula is C31H29ClN2O3. The highest BCUT2D eigenvalue weighted by Gasteiger charge is 2.36. The summed E-state index contributed by atoms with van der Waals surface area (Å²) in [5.74, 6) is -1.51. The number of halogens is 1. The molecule has 37 heavy (non-hydrogen) atoms. The largest absolute Gasteiger partial charge is 0.481 e. The van der Waals surface area contributed by atoms with Crippen LogP contribution in [0.2, 0.25) is 5.02 Å². The first kappa shape index (κ1) is 25.0. The second-order valence-corrected chi connectivity index (χ2v) is 9.96. The zero-order valence-corrected chi connectivity index (χ0v) is 21.5. The number of carboxylic acid groups (broad SMARTS) is 1. The van der Waals surface area contributed by atoms with E-state index in [-0.39, 0.29) is 11.9 Å². The minimum Gasteiger partial charge on any atom is -0.481 e. The van der Waals surface area contributed by atoms with E-state index in [9.17, 15) is 14.7 Å². The number of carboxylic acids is 1. The van der Waals surface area contributed by atoms with Crippen LogP contribution in [0.15, 0.2) is 78.9 Å². The highest BCUT2D eigenvalue weighted by Crippen LogP contribution is 2.33. The number of carbonyl (C=O) groups is 2. The van der Waals surface area contributed by atoms with Crippen molar-refractivity contribution < 1.29 is 14.7 Å². The van der Waals surface area contributed by atoms with Crippen LogP contribution in [-0.4, -0.2) is 39.5 Å². The molecule has 2 unspecified atom stereocenters. The molecule has 1 aliphatic rings. The fraction of sp³-hybridized carbons (Fsp3) is 0.258. The number of para-hydroxylation sites is 1. The molecule has 1 N–H and O–H groups in total. The van der Waals surface area contributed by atoms with Gasteiger partial charge in [0.05, 0.1) is 17.1 Å². The molecule has 5 nitrogen and oxygen atoms in total. The number of nitrogens with zero attached hydrogens (tertiary/aromatic N) is 2. The number of benzene rings is 3. The molecule has 1 saturated carbocycles. The van der Waals surface area contributed by atoms with Gasteiger partial charge in [0.2, 0.25) is 0 Å². The SMILES string of the molecule is CCN(C(=O)c1ccc(Cl)c(-c2ccc(-c3ccc4ccccc4n3)cc2)c1)C1CCCCC1C(=O)O. The van der Waals surface area contributed by atoms with E-state index < -0.39 is 11.9 Å². The molecule has 1 aromatic heterocycles. The minimum absolute atomic E-state index is 0.157. The van der Waals surface area contributed by atoms with Gasteiger partial charge in [-0.15, -0.1) is 0 Å². The average molecular weight is 513 g/mol. The van der Waals surface area contributed by atoms with Crippen LogP contribution in [0.1, 0.15) is 43.0 Å². The molecule has 0 radical (unpaired) electrons. The van der Waals surface area contributed by atoms with Gasteiger partial charge in [-0.1, -0.05) is 73.0 Å². The van der Waals surface area contributed by atoms with Crippen molar-refractivity contribution in [3.05, 3.63) is 89.4 Å². The number of rotatable bonds is 6. The quantitative estimate of drug-likeness (QED) is 0.293. The molecule has 1 amide bonds. The monoisotopic (exact) mass is 512 g/mol. The lowest BCUT2D eigenvalue weighted by Crippen LogP contribution is -2.48. The van der Waals surface area contributed by atoms with Gasteiger partial charge in [0, 0.05) is 39.7 Å². The third-order valence-electron chi connectivity index (χ3n) is 7.35. The summed E-state index contributed by atoms with van der Waals surface area (Å²) in [6.07, 6.45) is 3.13. The lowest BCUT2D eigenvalue weighted by molar-refractivity contribution is -0.145. The Kier molecular flexibility index (Phi) is 7.24. The summed E-state index contributed by atoms with van der Waals surface area (Å²) in [6.45, 7) is 2.36. The first-order chi connectivity index (χ1) is 18.0. The summed E-state index contributed by atoms with van der Waals surface area (Å²) >= 11 is 6.57. The van der Waals surface area contributed by atoms with Crippen LogP contribution < -0.4 is 0 Å². The van der Waals surface area contributed by atoms with Crippen LogP contribution >= 0.6 is 11.6 Å². The number of fused-ring (bicyclic) bond motifs is 1. The molecule has 6 heteroatoms. The van der Waals surface area contributed by atoms with Gasteiger partial charge < -0.3 is 10.0 Å². The molecule has 1 heterocycles. The molecule has 0 bridgehead atoms. The summed E-state index contributed by atoms with van der Waals surface area (Å²) in [7, 11) is 0. The summed E-state index contributed by atoms with van der Waals surface area (Å²) in [6, 6.07) is 25.1. The van der Waals surface area contributed by atoms with E-state index in [4.69, 9.17) is 16.6 Å². The van der Waals surface area contributed by atoms with Gasteiger partial charge >= 0.3 is 5.97 Å². The molecule has 2 atom stereocenters. The molecule has 188 valence electrons. The maximum absolute atomic E-state index is 13.6. The molecule has 4 aromatic rings. The van der Waals surface area contributed by atoms with Crippen molar-refractivity contribution >= 4 is 34.4 Å². The fourth-order valence-corrected chi connectivity index (χ4v) is 5.62. The molecule has 1 aliphatic carbocycles. The summed E-state index contributed by atoms with van der Waals surface area (Å²) in [5.41, 5.74) is 5.00. The molecular weight excluding hydrogens is 484 g/mol. The van der Waals surface area contributed by atoms with Gasteiger partial charge in [0.1, 0.15) is 0 Å². The van der Waals surface area contributed by atoms with Crippen LogP contribution in [0, 0.1) is 5.92 Å². The number of aromatic nitrogens is 1. The molecule has 0 aliphatic heterocycles. The Morgan fingerprint density at radius 3 is 2.43 bits per heavy atom. The van der Waals surface area contributed by atoms with Gasteiger partial charge in [-0.3, -0.25) is 9.59 Å². The zero-order chi connectivity index (χ0) is 25.9. The number of carbonyl (C=O) groups excluding carboxylic acids is 1. The van der Waals surface area contributed by atoms with Crippen molar-refractivity contribution in [1.82, 2.24) is 9.88 Å². The van der Waals surface area contributed by atoms with E-state index in [0.29, 0.717) is 30.0 Å². The third kappa shape index (κ3) is 5.09. The first-order valence-corrected chi connectivity index (χ1v) is 13.1. The summed E-state index contributed by atoms with van der Waals surface area (Å²) < 4.78 is 0. The van der Waals surface area contributed by atoms with Crippen molar-refractivity contribution in [1.29, 1.82) is 0 Å². The lowest BCUT2D eigenvalue weighted by Gasteiger charge is -2.37. The minimum atomic E-state index is -0.825. The second kappa shape index (κ2) is 10.7. The van der Waals surface area contributed by atoms with E-state index in [1.54, 1.807) is 17.0 Å². The van der Waals surface area contributed by atoms with Crippen LogP contribution in [-0.2, 0) is 4.79 Å². The Morgan fingerprint density at radius 2 is 1.68 bits per heavy atom. The van der Waals surface area contributed by atoms with Gasteiger partial charge in [-0.05, 0) is 55.7 Å². The summed E-state index contributed by atoms with van der Waals surface area (Å²) in [5, 5.41) is 11.4. The zero-order valence-electron chi connectivity index (χ0n) is 20.7. The van der Waals surface area contributed by atoms with Crippen molar-refractivity contribution in [2.24, 2.45) is 5.92 Å².